The lowest BCUT2D eigenvalue weighted by Crippen LogP contribution is -2.31. The molecule has 2 aromatic rings. The van der Waals surface area contributed by atoms with Crippen LogP contribution in [0.3, 0.4) is 0 Å². The molecule has 9 nitrogen and oxygen atoms in total. The molecule has 1 fully saturated rings. The van der Waals surface area contributed by atoms with Gasteiger partial charge in [-0.15, -0.1) is 0 Å². The van der Waals surface area contributed by atoms with Crippen molar-refractivity contribution < 1.29 is 17.7 Å². The Morgan fingerprint density at radius 3 is 2.73 bits per heavy atom. The van der Waals surface area contributed by atoms with Crippen molar-refractivity contribution in [3.8, 4) is 0 Å². The molecule has 0 radical (unpaired) electrons. The molecule has 0 unspecified atom stereocenters. The molecule has 2 amide bonds. The van der Waals surface area contributed by atoms with Crippen LogP contribution in [-0.4, -0.2) is 52.8 Å². The van der Waals surface area contributed by atoms with Crippen molar-refractivity contribution in [2.75, 3.05) is 23.9 Å². The second-order valence-corrected chi connectivity index (χ2v) is 8.99. The summed E-state index contributed by atoms with van der Waals surface area (Å²) >= 11 is 0. The molecular weight excluding hydrogens is 358 g/mol. The molecule has 1 aliphatic rings. The van der Waals surface area contributed by atoms with E-state index in [1.54, 1.807) is 24.7 Å². The van der Waals surface area contributed by atoms with Crippen LogP contribution in [0.25, 0.3) is 0 Å². The van der Waals surface area contributed by atoms with Gasteiger partial charge in [0, 0.05) is 24.4 Å². The van der Waals surface area contributed by atoms with Crippen LogP contribution >= 0.6 is 0 Å². The van der Waals surface area contributed by atoms with Gasteiger partial charge in [0.15, 0.2) is 15.7 Å². The van der Waals surface area contributed by atoms with Crippen molar-refractivity contribution in [2.24, 2.45) is 0 Å². The number of urea groups is 1. The first-order valence-corrected chi connectivity index (χ1v) is 10.2. The van der Waals surface area contributed by atoms with Gasteiger partial charge in [-0.1, -0.05) is 5.16 Å². The number of hydrogen-bond donors (Lipinski definition) is 1. The van der Waals surface area contributed by atoms with Crippen LogP contribution in [0.15, 0.2) is 10.6 Å². The van der Waals surface area contributed by atoms with Crippen molar-refractivity contribution in [1.29, 1.82) is 0 Å². The number of aromatic nitrogens is 3. The largest absolute Gasteiger partial charge is 0.360 e. The van der Waals surface area contributed by atoms with Gasteiger partial charge in [-0.2, -0.15) is 5.10 Å². The lowest BCUT2D eigenvalue weighted by Gasteiger charge is -2.18. The molecule has 10 heteroatoms. The number of rotatable bonds is 4. The SMILES string of the molecule is Cc1cc(NC(=O)N(C)Cc2c(C)nn([C@H]3CCS(=O)(=O)C3)c2C)no1. The zero-order chi connectivity index (χ0) is 19.1. The molecule has 142 valence electrons. The summed E-state index contributed by atoms with van der Waals surface area (Å²) in [4.78, 5) is 13.8. The van der Waals surface area contributed by atoms with E-state index in [1.165, 1.54) is 4.90 Å². The van der Waals surface area contributed by atoms with E-state index >= 15 is 0 Å². The zero-order valence-electron chi connectivity index (χ0n) is 15.3. The van der Waals surface area contributed by atoms with E-state index < -0.39 is 9.84 Å². The van der Waals surface area contributed by atoms with Gasteiger partial charge in [-0.3, -0.25) is 10.00 Å². The molecule has 0 aliphatic carbocycles. The van der Waals surface area contributed by atoms with Crippen molar-refractivity contribution in [3.05, 3.63) is 28.8 Å². The molecule has 3 heterocycles. The fourth-order valence-corrected chi connectivity index (χ4v) is 4.88. The average molecular weight is 381 g/mol. The van der Waals surface area contributed by atoms with Gasteiger partial charge < -0.3 is 9.42 Å². The lowest BCUT2D eigenvalue weighted by atomic mass is 10.2. The molecule has 1 atom stereocenters. The number of hydrogen-bond acceptors (Lipinski definition) is 6. The number of amides is 2. The highest BCUT2D eigenvalue weighted by molar-refractivity contribution is 7.91. The van der Waals surface area contributed by atoms with Gasteiger partial charge in [-0.25, -0.2) is 13.2 Å². The van der Waals surface area contributed by atoms with E-state index in [-0.39, 0.29) is 23.6 Å². The molecule has 1 saturated heterocycles. The first kappa shape index (κ1) is 18.4. The molecule has 1 N–H and O–H groups in total. The second kappa shape index (κ2) is 6.75. The van der Waals surface area contributed by atoms with E-state index in [2.05, 4.69) is 15.6 Å². The first-order valence-electron chi connectivity index (χ1n) is 8.36. The number of sulfone groups is 1. The van der Waals surface area contributed by atoms with Crippen LogP contribution < -0.4 is 5.32 Å². The molecule has 0 bridgehead atoms. The number of aryl methyl sites for hydroxylation is 2. The minimum atomic E-state index is -2.98. The van der Waals surface area contributed by atoms with Crippen LogP contribution in [-0.2, 0) is 16.4 Å². The zero-order valence-corrected chi connectivity index (χ0v) is 16.1. The van der Waals surface area contributed by atoms with Crippen molar-refractivity contribution in [2.45, 2.75) is 39.8 Å². The van der Waals surface area contributed by atoms with Gasteiger partial charge in [0.2, 0.25) is 0 Å². The monoisotopic (exact) mass is 381 g/mol. The molecule has 0 saturated carbocycles. The number of nitrogens with zero attached hydrogens (tertiary/aromatic N) is 4. The molecule has 0 spiro atoms. The molecule has 1 aliphatic heterocycles. The Hall–Kier alpha value is -2.36. The van der Waals surface area contributed by atoms with Gasteiger partial charge in [0.05, 0.1) is 29.8 Å². The Kier molecular flexibility index (Phi) is 4.78. The molecular formula is C16H23N5O4S. The predicted octanol–water partition coefficient (Wildman–Crippen LogP) is 1.82. The quantitative estimate of drug-likeness (QED) is 0.865. The number of anilines is 1. The Labute approximate surface area is 152 Å². The van der Waals surface area contributed by atoms with E-state index in [4.69, 9.17) is 4.52 Å². The fourth-order valence-electron chi connectivity index (χ4n) is 3.19. The van der Waals surface area contributed by atoms with E-state index in [1.807, 2.05) is 13.8 Å². The van der Waals surface area contributed by atoms with Gasteiger partial charge in [-0.05, 0) is 27.2 Å². The Balaban J connectivity index is 1.72. The maximum atomic E-state index is 12.3. The first-order chi connectivity index (χ1) is 12.2. The van der Waals surface area contributed by atoms with Gasteiger partial charge in [0.1, 0.15) is 5.76 Å². The third-order valence-corrected chi connectivity index (χ3v) is 6.38. The summed E-state index contributed by atoms with van der Waals surface area (Å²) in [6, 6.07) is 1.19. The number of nitrogens with one attached hydrogen (secondary N) is 1. The summed E-state index contributed by atoms with van der Waals surface area (Å²) in [5.41, 5.74) is 2.61. The third-order valence-electron chi connectivity index (χ3n) is 4.63. The van der Waals surface area contributed by atoms with E-state index in [0.29, 0.717) is 24.5 Å². The summed E-state index contributed by atoms with van der Waals surface area (Å²) in [5, 5.41) is 10.9. The highest BCUT2D eigenvalue weighted by Gasteiger charge is 2.31. The van der Waals surface area contributed by atoms with E-state index in [0.717, 1.165) is 17.0 Å². The van der Waals surface area contributed by atoms with Crippen LogP contribution in [0.5, 0.6) is 0 Å². The smallest absolute Gasteiger partial charge is 0.323 e. The summed E-state index contributed by atoms with van der Waals surface area (Å²) in [6.45, 7) is 5.89. The lowest BCUT2D eigenvalue weighted by molar-refractivity contribution is 0.220. The Bertz CT molecular complexity index is 931. The second-order valence-electron chi connectivity index (χ2n) is 6.76. The maximum absolute atomic E-state index is 12.3. The third kappa shape index (κ3) is 3.74. The molecule has 26 heavy (non-hydrogen) atoms. The maximum Gasteiger partial charge on any atom is 0.323 e. The summed E-state index contributed by atoms with van der Waals surface area (Å²) < 4.78 is 30.2. The van der Waals surface area contributed by atoms with Crippen molar-refractivity contribution in [1.82, 2.24) is 19.8 Å². The minimum Gasteiger partial charge on any atom is -0.360 e. The highest BCUT2D eigenvalue weighted by atomic mass is 32.2. The average Bonchev–Trinajstić information content (AvgIpc) is 3.20. The fraction of sp³-hybridized carbons (Fsp3) is 0.562. The van der Waals surface area contributed by atoms with Crippen LogP contribution in [0.4, 0.5) is 10.6 Å². The van der Waals surface area contributed by atoms with Crippen LogP contribution in [0, 0.1) is 20.8 Å². The number of carbonyl (C=O) groups excluding carboxylic acids is 1. The van der Waals surface area contributed by atoms with E-state index in [9.17, 15) is 13.2 Å². The predicted molar refractivity (Wildman–Crippen MR) is 95.7 cm³/mol. The van der Waals surface area contributed by atoms with Crippen molar-refractivity contribution >= 4 is 21.7 Å². The molecule has 3 rings (SSSR count). The Morgan fingerprint density at radius 2 is 2.15 bits per heavy atom. The number of carbonyl (C=O) groups is 1. The van der Waals surface area contributed by atoms with Crippen LogP contribution in [0.1, 0.15) is 35.2 Å². The highest BCUT2D eigenvalue weighted by Crippen LogP contribution is 2.27. The van der Waals surface area contributed by atoms with Gasteiger partial charge in [0.25, 0.3) is 0 Å². The Morgan fingerprint density at radius 1 is 1.42 bits per heavy atom. The molecule has 2 aromatic heterocycles. The van der Waals surface area contributed by atoms with Gasteiger partial charge >= 0.3 is 6.03 Å². The standard InChI is InChI=1S/C16H23N5O4S/c1-10-7-15(19-25-10)17-16(22)20(4)8-14-11(2)18-21(12(14)3)13-5-6-26(23,24)9-13/h7,13H,5-6,8-9H2,1-4H3,(H,17,19,22)/t13-/m0/s1. The minimum absolute atomic E-state index is 0.121. The molecule has 0 aromatic carbocycles. The normalized spacial score (nSPS) is 18.8. The van der Waals surface area contributed by atoms with Crippen molar-refractivity contribution in [3.63, 3.8) is 0 Å². The topological polar surface area (TPSA) is 110 Å². The van der Waals surface area contributed by atoms with Crippen LogP contribution in [0.2, 0.25) is 0 Å². The summed E-state index contributed by atoms with van der Waals surface area (Å²) in [6.07, 6.45) is 0.575. The summed E-state index contributed by atoms with van der Waals surface area (Å²) in [7, 11) is -1.31. The summed E-state index contributed by atoms with van der Waals surface area (Å²) in [5.74, 6) is 1.29.